The highest BCUT2D eigenvalue weighted by Crippen LogP contribution is 2.22. The average molecular weight is 364 g/mol. The second kappa shape index (κ2) is 6.21. The highest BCUT2D eigenvalue weighted by molar-refractivity contribution is 9.10. The normalized spacial score (nSPS) is 20.8. The Morgan fingerprint density at radius 1 is 1.50 bits per heavy atom. The zero-order valence-electron chi connectivity index (χ0n) is 10.5. The second-order valence-corrected chi connectivity index (χ2v) is 7.26. The van der Waals surface area contributed by atoms with E-state index in [-0.39, 0.29) is 31.0 Å². The molecule has 1 aromatic rings. The van der Waals surface area contributed by atoms with Crippen LogP contribution in [0, 0.1) is 0 Å². The largest absolute Gasteiger partial charge is 0.481 e. The number of benzene rings is 1. The molecule has 1 atom stereocenters. The number of aliphatic carboxylic acids is 1. The maximum atomic E-state index is 12.5. The Bertz CT molecular complexity index is 604. The summed E-state index contributed by atoms with van der Waals surface area (Å²) in [7, 11) is -3.62. The van der Waals surface area contributed by atoms with Crippen LogP contribution in [0.5, 0.6) is 0 Å². The lowest BCUT2D eigenvalue weighted by molar-refractivity contribution is -0.141. The van der Waals surface area contributed by atoms with Gasteiger partial charge in [-0.25, -0.2) is 8.42 Å². The van der Waals surface area contributed by atoms with E-state index in [0.29, 0.717) is 4.47 Å². The van der Waals surface area contributed by atoms with E-state index in [2.05, 4.69) is 15.9 Å². The molecular weight excluding hydrogens is 350 g/mol. The smallest absolute Gasteiger partial charge is 0.306 e. The van der Waals surface area contributed by atoms with Crippen molar-refractivity contribution in [3.8, 4) is 0 Å². The molecule has 0 aromatic heterocycles. The number of hydrogen-bond donors (Lipinski definition) is 1. The van der Waals surface area contributed by atoms with Gasteiger partial charge in [-0.1, -0.05) is 22.0 Å². The van der Waals surface area contributed by atoms with Crippen LogP contribution in [-0.4, -0.2) is 49.6 Å². The van der Waals surface area contributed by atoms with E-state index in [1.165, 1.54) is 16.4 Å². The van der Waals surface area contributed by atoms with Gasteiger partial charge >= 0.3 is 5.97 Å². The van der Waals surface area contributed by atoms with Crippen molar-refractivity contribution in [2.45, 2.75) is 17.4 Å². The van der Waals surface area contributed by atoms with Gasteiger partial charge < -0.3 is 9.84 Å². The third-order valence-corrected chi connectivity index (χ3v) is 5.29. The van der Waals surface area contributed by atoms with Crippen molar-refractivity contribution in [1.82, 2.24) is 4.31 Å². The molecule has 1 heterocycles. The molecule has 0 saturated carbocycles. The lowest BCUT2D eigenvalue weighted by atomic mass is 10.2. The zero-order valence-corrected chi connectivity index (χ0v) is 12.9. The molecule has 0 spiro atoms. The van der Waals surface area contributed by atoms with E-state index in [4.69, 9.17) is 9.84 Å². The third kappa shape index (κ3) is 3.57. The minimum absolute atomic E-state index is 0.0567. The van der Waals surface area contributed by atoms with Gasteiger partial charge in [0.1, 0.15) is 0 Å². The standard InChI is InChI=1S/C12H14BrNO5S/c13-9-2-1-3-11(6-9)20(17,18)14-4-5-19-10(8-14)7-12(15)16/h1-3,6,10H,4-5,7-8H2,(H,15,16). The number of halogens is 1. The Kier molecular flexibility index (Phi) is 4.79. The molecule has 1 unspecified atom stereocenters. The molecule has 8 heteroatoms. The van der Waals surface area contributed by atoms with Crippen LogP contribution < -0.4 is 0 Å². The van der Waals surface area contributed by atoms with E-state index in [9.17, 15) is 13.2 Å². The number of morpholine rings is 1. The summed E-state index contributed by atoms with van der Waals surface area (Å²) in [6, 6.07) is 6.43. The first kappa shape index (κ1) is 15.4. The number of ether oxygens (including phenoxy) is 1. The molecule has 1 fully saturated rings. The molecule has 0 bridgehead atoms. The van der Waals surface area contributed by atoms with Gasteiger partial charge in [0.25, 0.3) is 0 Å². The molecule has 110 valence electrons. The number of hydrogen-bond acceptors (Lipinski definition) is 4. The van der Waals surface area contributed by atoms with Crippen LogP contribution in [0.4, 0.5) is 0 Å². The van der Waals surface area contributed by atoms with Gasteiger partial charge in [0.15, 0.2) is 0 Å². The van der Waals surface area contributed by atoms with Crippen molar-refractivity contribution in [2.24, 2.45) is 0 Å². The molecule has 0 amide bonds. The number of carboxylic acid groups (broad SMARTS) is 1. The van der Waals surface area contributed by atoms with Gasteiger partial charge in [0.05, 0.1) is 24.0 Å². The maximum absolute atomic E-state index is 12.5. The monoisotopic (exact) mass is 363 g/mol. The van der Waals surface area contributed by atoms with Gasteiger partial charge in [-0.3, -0.25) is 4.79 Å². The van der Waals surface area contributed by atoms with Crippen LogP contribution in [0.25, 0.3) is 0 Å². The first-order chi connectivity index (χ1) is 9.39. The third-order valence-electron chi connectivity index (χ3n) is 2.94. The Morgan fingerprint density at radius 3 is 2.90 bits per heavy atom. The number of carbonyl (C=O) groups is 1. The molecular formula is C12H14BrNO5S. The van der Waals surface area contributed by atoms with Crippen LogP contribution >= 0.6 is 15.9 Å². The van der Waals surface area contributed by atoms with Crippen molar-refractivity contribution >= 4 is 31.9 Å². The fourth-order valence-electron chi connectivity index (χ4n) is 2.01. The first-order valence-electron chi connectivity index (χ1n) is 5.98. The highest BCUT2D eigenvalue weighted by atomic mass is 79.9. The van der Waals surface area contributed by atoms with Gasteiger partial charge in [0.2, 0.25) is 10.0 Å². The van der Waals surface area contributed by atoms with E-state index in [0.717, 1.165) is 0 Å². The number of carboxylic acids is 1. The first-order valence-corrected chi connectivity index (χ1v) is 8.22. The molecule has 0 radical (unpaired) electrons. The van der Waals surface area contributed by atoms with Gasteiger partial charge in [0, 0.05) is 17.6 Å². The fraction of sp³-hybridized carbons (Fsp3) is 0.417. The van der Waals surface area contributed by atoms with Crippen LogP contribution in [-0.2, 0) is 19.6 Å². The summed E-state index contributed by atoms with van der Waals surface area (Å²) in [6.45, 7) is 0.483. The summed E-state index contributed by atoms with van der Waals surface area (Å²) in [6.07, 6.45) is -0.812. The van der Waals surface area contributed by atoms with Crippen LogP contribution in [0.2, 0.25) is 0 Å². The van der Waals surface area contributed by atoms with Crippen LogP contribution in [0.3, 0.4) is 0 Å². The van der Waals surface area contributed by atoms with Gasteiger partial charge in [-0.05, 0) is 18.2 Å². The molecule has 2 rings (SSSR count). The maximum Gasteiger partial charge on any atom is 0.306 e. The predicted octanol–water partition coefficient (Wildman–Crippen LogP) is 1.31. The minimum Gasteiger partial charge on any atom is -0.481 e. The van der Waals surface area contributed by atoms with Crippen LogP contribution in [0.15, 0.2) is 33.6 Å². The Hall–Kier alpha value is -0.960. The van der Waals surface area contributed by atoms with Crippen molar-refractivity contribution in [3.05, 3.63) is 28.7 Å². The van der Waals surface area contributed by atoms with Gasteiger partial charge in [-0.15, -0.1) is 0 Å². The number of nitrogens with zero attached hydrogens (tertiary/aromatic N) is 1. The molecule has 1 aliphatic heterocycles. The van der Waals surface area contributed by atoms with Crippen molar-refractivity contribution < 1.29 is 23.1 Å². The Balaban J connectivity index is 2.19. The minimum atomic E-state index is -3.62. The quantitative estimate of drug-likeness (QED) is 0.871. The van der Waals surface area contributed by atoms with Crippen molar-refractivity contribution in [3.63, 3.8) is 0 Å². The molecule has 20 heavy (non-hydrogen) atoms. The van der Waals surface area contributed by atoms with E-state index >= 15 is 0 Å². The molecule has 1 aliphatic rings. The summed E-state index contributed by atoms with van der Waals surface area (Å²) in [5.74, 6) is -1.00. The predicted molar refractivity (Wildman–Crippen MR) is 74.9 cm³/mol. The summed E-state index contributed by atoms with van der Waals surface area (Å²) >= 11 is 3.24. The SMILES string of the molecule is O=C(O)CC1CN(S(=O)(=O)c2cccc(Br)c2)CCO1. The average Bonchev–Trinajstić information content (AvgIpc) is 2.38. The summed E-state index contributed by atoms with van der Waals surface area (Å²) in [4.78, 5) is 10.9. The summed E-state index contributed by atoms with van der Waals surface area (Å²) in [5, 5.41) is 8.75. The van der Waals surface area contributed by atoms with Crippen LogP contribution in [0.1, 0.15) is 6.42 Å². The van der Waals surface area contributed by atoms with E-state index < -0.39 is 22.1 Å². The molecule has 0 aliphatic carbocycles. The molecule has 1 aromatic carbocycles. The summed E-state index contributed by atoms with van der Waals surface area (Å²) in [5.41, 5.74) is 0. The zero-order chi connectivity index (χ0) is 14.8. The van der Waals surface area contributed by atoms with Crippen molar-refractivity contribution in [1.29, 1.82) is 0 Å². The molecule has 1 N–H and O–H groups in total. The lowest BCUT2D eigenvalue weighted by Crippen LogP contribution is -2.46. The molecule has 1 saturated heterocycles. The van der Waals surface area contributed by atoms with Crippen molar-refractivity contribution in [2.75, 3.05) is 19.7 Å². The Labute approximate surface area is 125 Å². The topological polar surface area (TPSA) is 83.9 Å². The highest BCUT2D eigenvalue weighted by Gasteiger charge is 2.31. The molecule has 6 nitrogen and oxygen atoms in total. The second-order valence-electron chi connectivity index (χ2n) is 4.41. The number of rotatable bonds is 4. The fourth-order valence-corrected chi connectivity index (χ4v) is 4.06. The summed E-state index contributed by atoms with van der Waals surface area (Å²) < 4.78 is 32.2. The van der Waals surface area contributed by atoms with Gasteiger partial charge in [-0.2, -0.15) is 4.31 Å². The van der Waals surface area contributed by atoms with E-state index in [1.807, 2.05) is 0 Å². The van der Waals surface area contributed by atoms with E-state index in [1.54, 1.807) is 12.1 Å². The Morgan fingerprint density at radius 2 is 2.25 bits per heavy atom. The number of sulfonamides is 1. The lowest BCUT2D eigenvalue weighted by Gasteiger charge is -2.31.